The molecule has 112 valence electrons. The molecular formula is C15H30N2O2. The van der Waals surface area contributed by atoms with E-state index in [1.165, 1.54) is 32.1 Å². The minimum Gasteiger partial charge on any atom is -0.392 e. The molecule has 1 rings (SSSR count). The van der Waals surface area contributed by atoms with Gasteiger partial charge in [-0.2, -0.15) is 0 Å². The van der Waals surface area contributed by atoms with Crippen LogP contribution in [0.4, 0.5) is 4.79 Å². The van der Waals surface area contributed by atoms with Crippen molar-refractivity contribution in [1.82, 2.24) is 10.2 Å². The number of carbonyl (C=O) groups is 1. The van der Waals surface area contributed by atoms with Gasteiger partial charge in [0, 0.05) is 19.6 Å². The van der Waals surface area contributed by atoms with Crippen molar-refractivity contribution >= 4 is 6.03 Å². The number of nitrogens with zero attached hydrogens (tertiary/aromatic N) is 1. The number of rotatable bonds is 5. The second-order valence-corrected chi connectivity index (χ2v) is 6.22. The largest absolute Gasteiger partial charge is 0.392 e. The highest BCUT2D eigenvalue weighted by Crippen LogP contribution is 2.31. The first-order chi connectivity index (χ1) is 8.91. The van der Waals surface area contributed by atoms with E-state index >= 15 is 0 Å². The molecule has 0 aromatic carbocycles. The van der Waals surface area contributed by atoms with Gasteiger partial charge in [-0.15, -0.1) is 0 Å². The molecule has 0 radical (unpaired) electrons. The Bertz CT molecular complexity index is 275. The van der Waals surface area contributed by atoms with Crippen molar-refractivity contribution in [2.24, 2.45) is 11.8 Å². The van der Waals surface area contributed by atoms with Crippen molar-refractivity contribution in [3.05, 3.63) is 0 Å². The maximum absolute atomic E-state index is 12.0. The Morgan fingerprint density at radius 3 is 2.37 bits per heavy atom. The predicted molar refractivity (Wildman–Crippen MR) is 78.0 cm³/mol. The Morgan fingerprint density at radius 1 is 1.26 bits per heavy atom. The molecule has 0 bridgehead atoms. The van der Waals surface area contributed by atoms with E-state index in [0.29, 0.717) is 12.5 Å². The van der Waals surface area contributed by atoms with Crippen molar-refractivity contribution in [3.63, 3.8) is 0 Å². The van der Waals surface area contributed by atoms with Crippen LogP contribution in [0.25, 0.3) is 0 Å². The second kappa shape index (κ2) is 7.73. The summed E-state index contributed by atoms with van der Waals surface area (Å²) in [5.41, 5.74) is 0. The fourth-order valence-corrected chi connectivity index (χ4v) is 2.98. The fourth-order valence-electron chi connectivity index (χ4n) is 2.98. The molecule has 0 aromatic rings. The van der Waals surface area contributed by atoms with E-state index in [9.17, 15) is 9.90 Å². The Morgan fingerprint density at radius 2 is 1.84 bits per heavy atom. The summed E-state index contributed by atoms with van der Waals surface area (Å²) in [6.07, 6.45) is 6.13. The van der Waals surface area contributed by atoms with Crippen molar-refractivity contribution in [3.8, 4) is 0 Å². The van der Waals surface area contributed by atoms with Gasteiger partial charge in [0.15, 0.2) is 0 Å². The lowest BCUT2D eigenvalue weighted by molar-refractivity contribution is 0.138. The Hall–Kier alpha value is -0.770. The zero-order chi connectivity index (χ0) is 14.4. The second-order valence-electron chi connectivity index (χ2n) is 6.22. The van der Waals surface area contributed by atoms with Crippen LogP contribution < -0.4 is 5.32 Å². The minimum absolute atomic E-state index is 0.0870. The molecule has 0 aliphatic heterocycles. The van der Waals surface area contributed by atoms with Crippen LogP contribution in [0.5, 0.6) is 0 Å². The third-order valence-electron chi connectivity index (χ3n) is 4.42. The van der Waals surface area contributed by atoms with Gasteiger partial charge >= 0.3 is 6.03 Å². The van der Waals surface area contributed by atoms with Crippen molar-refractivity contribution in [2.45, 2.75) is 65.0 Å². The molecule has 2 amide bonds. The third kappa shape index (κ3) is 5.39. The maximum atomic E-state index is 12.0. The number of aliphatic hydroxyl groups excluding tert-OH is 1. The van der Waals surface area contributed by atoms with E-state index in [0.717, 1.165) is 5.92 Å². The van der Waals surface area contributed by atoms with E-state index in [-0.39, 0.29) is 12.1 Å². The van der Waals surface area contributed by atoms with Crippen molar-refractivity contribution in [1.29, 1.82) is 0 Å². The molecule has 0 aromatic heterocycles. The Kier molecular flexibility index (Phi) is 6.63. The summed E-state index contributed by atoms with van der Waals surface area (Å²) in [4.78, 5) is 13.5. The first-order valence-electron chi connectivity index (χ1n) is 7.61. The smallest absolute Gasteiger partial charge is 0.317 e. The van der Waals surface area contributed by atoms with Gasteiger partial charge in [-0.3, -0.25) is 0 Å². The van der Waals surface area contributed by atoms with Gasteiger partial charge in [0.25, 0.3) is 0 Å². The first-order valence-corrected chi connectivity index (χ1v) is 7.61. The lowest BCUT2D eigenvalue weighted by Gasteiger charge is -2.33. The Balaban J connectivity index is 2.39. The molecule has 3 atom stereocenters. The number of urea groups is 1. The lowest BCUT2D eigenvalue weighted by Crippen LogP contribution is -2.47. The van der Waals surface area contributed by atoms with E-state index in [4.69, 9.17) is 0 Å². The first kappa shape index (κ1) is 16.3. The topological polar surface area (TPSA) is 52.6 Å². The molecule has 0 saturated heterocycles. The molecule has 2 N–H and O–H groups in total. The van der Waals surface area contributed by atoms with Crippen LogP contribution in [0.3, 0.4) is 0 Å². The zero-order valence-corrected chi connectivity index (χ0v) is 12.9. The normalized spacial score (nSPS) is 21.5. The van der Waals surface area contributed by atoms with Crippen LogP contribution in [-0.4, -0.2) is 41.8 Å². The van der Waals surface area contributed by atoms with Gasteiger partial charge < -0.3 is 15.3 Å². The summed E-state index contributed by atoms with van der Waals surface area (Å²) in [6, 6.07) is 0.100. The monoisotopic (exact) mass is 270 g/mol. The Labute approximate surface area is 117 Å². The number of nitrogens with one attached hydrogen (secondary N) is 1. The van der Waals surface area contributed by atoms with Crippen LogP contribution in [0.2, 0.25) is 0 Å². The highest BCUT2D eigenvalue weighted by molar-refractivity contribution is 5.74. The number of amides is 2. The summed E-state index contributed by atoms with van der Waals surface area (Å²) in [5, 5.41) is 12.4. The van der Waals surface area contributed by atoms with Crippen molar-refractivity contribution in [2.75, 3.05) is 13.6 Å². The van der Waals surface area contributed by atoms with E-state index < -0.39 is 6.10 Å². The quantitative estimate of drug-likeness (QED) is 0.807. The summed E-state index contributed by atoms with van der Waals surface area (Å²) < 4.78 is 0. The molecule has 19 heavy (non-hydrogen) atoms. The average molecular weight is 270 g/mol. The molecule has 1 saturated carbocycles. The SMILES string of the molecule is CC(O)CN(C)C(=O)NC(C)C(C)C1CCCCC1. The summed E-state index contributed by atoms with van der Waals surface area (Å²) in [7, 11) is 1.72. The fraction of sp³-hybridized carbons (Fsp3) is 0.933. The van der Waals surface area contributed by atoms with Crippen LogP contribution >= 0.6 is 0 Å². The lowest BCUT2D eigenvalue weighted by atomic mass is 9.78. The van der Waals surface area contributed by atoms with Gasteiger partial charge in [0.2, 0.25) is 0 Å². The average Bonchev–Trinajstić information content (AvgIpc) is 2.37. The maximum Gasteiger partial charge on any atom is 0.317 e. The number of hydrogen-bond donors (Lipinski definition) is 2. The van der Waals surface area contributed by atoms with Gasteiger partial charge in [0.1, 0.15) is 0 Å². The minimum atomic E-state index is -0.484. The molecule has 0 heterocycles. The molecule has 1 aliphatic rings. The van der Waals surface area contributed by atoms with Crippen LogP contribution in [0, 0.1) is 11.8 Å². The highest BCUT2D eigenvalue weighted by Gasteiger charge is 2.26. The number of carbonyl (C=O) groups excluding carboxylic acids is 1. The zero-order valence-electron chi connectivity index (χ0n) is 12.9. The number of hydrogen-bond acceptors (Lipinski definition) is 2. The van der Waals surface area contributed by atoms with Crippen LogP contribution in [0.1, 0.15) is 52.9 Å². The van der Waals surface area contributed by atoms with E-state index in [1.54, 1.807) is 18.9 Å². The molecule has 1 fully saturated rings. The molecule has 4 nitrogen and oxygen atoms in total. The summed E-state index contributed by atoms with van der Waals surface area (Å²) >= 11 is 0. The van der Waals surface area contributed by atoms with Gasteiger partial charge in [-0.25, -0.2) is 4.79 Å². The van der Waals surface area contributed by atoms with Gasteiger partial charge in [-0.1, -0.05) is 39.0 Å². The van der Waals surface area contributed by atoms with E-state index in [2.05, 4.69) is 19.2 Å². The molecular weight excluding hydrogens is 240 g/mol. The third-order valence-corrected chi connectivity index (χ3v) is 4.42. The molecule has 1 aliphatic carbocycles. The van der Waals surface area contributed by atoms with Gasteiger partial charge in [-0.05, 0) is 25.7 Å². The van der Waals surface area contributed by atoms with E-state index in [1.807, 2.05) is 0 Å². The number of likely N-dealkylation sites (N-methyl/N-ethyl adjacent to an activating group) is 1. The highest BCUT2D eigenvalue weighted by atomic mass is 16.3. The standard InChI is InChI=1S/C15H30N2O2/c1-11(18)10-17(4)15(19)16-13(3)12(2)14-8-6-5-7-9-14/h11-14,18H,5-10H2,1-4H3,(H,16,19). The van der Waals surface area contributed by atoms with Crippen LogP contribution in [0.15, 0.2) is 0 Å². The van der Waals surface area contributed by atoms with Crippen LogP contribution in [-0.2, 0) is 0 Å². The number of aliphatic hydroxyl groups is 1. The summed E-state index contributed by atoms with van der Waals surface area (Å²) in [5.74, 6) is 1.26. The summed E-state index contributed by atoms with van der Waals surface area (Å²) in [6.45, 7) is 6.40. The van der Waals surface area contributed by atoms with Gasteiger partial charge in [0.05, 0.1) is 6.10 Å². The molecule has 3 unspecified atom stereocenters. The predicted octanol–water partition coefficient (Wildman–Crippen LogP) is 2.61. The molecule has 4 heteroatoms. The van der Waals surface area contributed by atoms with Crippen molar-refractivity contribution < 1.29 is 9.90 Å². The molecule has 0 spiro atoms.